The van der Waals surface area contributed by atoms with Crippen molar-refractivity contribution in [3.8, 4) is 11.1 Å². The van der Waals surface area contributed by atoms with Crippen LogP contribution in [0.25, 0.3) is 21.9 Å². The fourth-order valence-corrected chi connectivity index (χ4v) is 2.82. The fourth-order valence-electron chi connectivity index (χ4n) is 2.50. The lowest BCUT2D eigenvalue weighted by atomic mass is 9.98. The molecule has 0 aliphatic heterocycles. The molecule has 21 heavy (non-hydrogen) atoms. The molecule has 0 aliphatic rings. The largest absolute Gasteiger partial charge is 0.426 e. The van der Waals surface area contributed by atoms with Gasteiger partial charge in [0.25, 0.3) is 0 Å². The van der Waals surface area contributed by atoms with Crippen molar-refractivity contribution in [3.05, 3.63) is 64.5 Å². The maximum absolute atomic E-state index is 12.2. The number of hydrogen-bond donors (Lipinski definition) is 0. The van der Waals surface area contributed by atoms with Crippen LogP contribution in [0, 0.1) is 6.92 Å². The highest BCUT2D eigenvalue weighted by Crippen LogP contribution is 2.36. The number of benzene rings is 1. The molecule has 0 amide bonds. The van der Waals surface area contributed by atoms with E-state index in [4.69, 9.17) is 4.42 Å². The van der Waals surface area contributed by atoms with Gasteiger partial charge < -0.3 is 4.42 Å². The third kappa shape index (κ3) is 2.51. The summed E-state index contributed by atoms with van der Waals surface area (Å²) in [5, 5.41) is 1.50. The number of halogens is 1. The Balaban J connectivity index is 2.46. The molecule has 0 bridgehead atoms. The molecule has 0 fully saturated rings. The highest BCUT2D eigenvalue weighted by atomic mass is 79.9. The normalized spacial score (nSPS) is 12.5. The molecular weight excluding hydrogens is 330 g/mol. The zero-order valence-electron chi connectivity index (χ0n) is 11.8. The SMILES string of the molecule is Cc1cc(-c2c(C(C)Br)oc(=O)c3ccccc23)ccn1. The second-order valence-electron chi connectivity index (χ2n) is 4.98. The van der Waals surface area contributed by atoms with Crippen LogP contribution in [0.5, 0.6) is 0 Å². The summed E-state index contributed by atoms with van der Waals surface area (Å²) in [5.74, 6) is 0.643. The van der Waals surface area contributed by atoms with Crippen molar-refractivity contribution in [2.75, 3.05) is 0 Å². The first-order valence-electron chi connectivity index (χ1n) is 6.71. The maximum Gasteiger partial charge on any atom is 0.343 e. The topological polar surface area (TPSA) is 43.1 Å². The third-order valence-corrected chi connectivity index (χ3v) is 3.83. The Bertz CT molecular complexity index is 868. The van der Waals surface area contributed by atoms with Crippen molar-refractivity contribution in [2.24, 2.45) is 0 Å². The van der Waals surface area contributed by atoms with Gasteiger partial charge in [-0.1, -0.05) is 34.1 Å². The molecule has 0 radical (unpaired) electrons. The molecule has 0 aliphatic carbocycles. The van der Waals surface area contributed by atoms with Crippen LogP contribution in [-0.4, -0.2) is 4.98 Å². The summed E-state index contributed by atoms with van der Waals surface area (Å²) in [6, 6.07) is 11.5. The second-order valence-corrected chi connectivity index (χ2v) is 6.35. The van der Waals surface area contributed by atoms with Crippen LogP contribution in [0.2, 0.25) is 0 Å². The van der Waals surface area contributed by atoms with Crippen LogP contribution in [0.4, 0.5) is 0 Å². The van der Waals surface area contributed by atoms with Gasteiger partial charge in [0.15, 0.2) is 0 Å². The molecular formula is C17H14BrNO2. The zero-order valence-corrected chi connectivity index (χ0v) is 13.3. The molecule has 3 nitrogen and oxygen atoms in total. The Morgan fingerprint density at radius 2 is 1.90 bits per heavy atom. The van der Waals surface area contributed by atoms with Crippen molar-refractivity contribution in [1.82, 2.24) is 4.98 Å². The van der Waals surface area contributed by atoms with Gasteiger partial charge in [-0.2, -0.15) is 0 Å². The molecule has 3 aromatic rings. The highest BCUT2D eigenvalue weighted by Gasteiger charge is 2.18. The van der Waals surface area contributed by atoms with Crippen molar-refractivity contribution in [2.45, 2.75) is 18.7 Å². The summed E-state index contributed by atoms with van der Waals surface area (Å²) in [6.45, 7) is 3.90. The minimum Gasteiger partial charge on any atom is -0.426 e. The minimum atomic E-state index is -0.304. The molecule has 0 saturated carbocycles. The Kier molecular flexibility index (Phi) is 3.64. The molecule has 4 heteroatoms. The molecule has 0 spiro atoms. The van der Waals surface area contributed by atoms with E-state index in [1.165, 1.54) is 0 Å². The van der Waals surface area contributed by atoms with E-state index in [9.17, 15) is 4.79 Å². The predicted molar refractivity (Wildman–Crippen MR) is 87.8 cm³/mol. The van der Waals surface area contributed by atoms with Crippen LogP contribution in [0.15, 0.2) is 51.8 Å². The maximum atomic E-state index is 12.2. The first-order chi connectivity index (χ1) is 10.1. The molecule has 2 aromatic heterocycles. The van der Waals surface area contributed by atoms with E-state index < -0.39 is 0 Å². The van der Waals surface area contributed by atoms with E-state index in [2.05, 4.69) is 20.9 Å². The number of nitrogens with zero attached hydrogens (tertiary/aromatic N) is 1. The standard InChI is InChI=1S/C17H14BrNO2/c1-10-9-12(7-8-19-10)15-13-5-3-4-6-14(13)17(20)21-16(15)11(2)18/h3-9,11H,1-2H3. The number of hydrogen-bond acceptors (Lipinski definition) is 3. The van der Waals surface area contributed by atoms with Crippen LogP contribution >= 0.6 is 15.9 Å². The van der Waals surface area contributed by atoms with Crippen LogP contribution < -0.4 is 5.63 Å². The number of aromatic nitrogens is 1. The van der Waals surface area contributed by atoms with Gasteiger partial charge in [-0.3, -0.25) is 4.98 Å². The Hall–Kier alpha value is -1.94. The average Bonchev–Trinajstić information content (AvgIpc) is 2.47. The van der Waals surface area contributed by atoms with E-state index in [1.54, 1.807) is 12.3 Å². The van der Waals surface area contributed by atoms with E-state index in [1.807, 2.05) is 44.2 Å². The lowest BCUT2D eigenvalue weighted by Crippen LogP contribution is -2.05. The van der Waals surface area contributed by atoms with E-state index in [0.717, 1.165) is 22.2 Å². The number of pyridine rings is 1. The summed E-state index contributed by atoms with van der Waals surface area (Å²) in [5.41, 5.74) is 2.57. The lowest BCUT2D eigenvalue weighted by Gasteiger charge is -2.13. The van der Waals surface area contributed by atoms with Gasteiger partial charge >= 0.3 is 5.63 Å². The molecule has 106 valence electrons. The summed E-state index contributed by atoms with van der Waals surface area (Å²) in [7, 11) is 0. The molecule has 1 unspecified atom stereocenters. The van der Waals surface area contributed by atoms with Crippen molar-refractivity contribution < 1.29 is 4.42 Å². The van der Waals surface area contributed by atoms with Crippen LogP contribution in [0.1, 0.15) is 23.2 Å². The van der Waals surface area contributed by atoms with Gasteiger partial charge in [0.2, 0.25) is 0 Å². The van der Waals surface area contributed by atoms with Crippen molar-refractivity contribution in [3.63, 3.8) is 0 Å². The van der Waals surface area contributed by atoms with Gasteiger partial charge in [-0.15, -0.1) is 0 Å². The highest BCUT2D eigenvalue weighted by molar-refractivity contribution is 9.09. The van der Waals surface area contributed by atoms with Gasteiger partial charge in [-0.05, 0) is 37.6 Å². The number of alkyl halides is 1. The Morgan fingerprint density at radius 3 is 2.57 bits per heavy atom. The minimum absolute atomic E-state index is 0.0572. The smallest absolute Gasteiger partial charge is 0.343 e. The van der Waals surface area contributed by atoms with Crippen molar-refractivity contribution in [1.29, 1.82) is 0 Å². The average molecular weight is 344 g/mol. The van der Waals surface area contributed by atoms with Gasteiger partial charge in [0.1, 0.15) is 5.76 Å². The number of aryl methyl sites for hydroxylation is 1. The van der Waals surface area contributed by atoms with Crippen LogP contribution in [0.3, 0.4) is 0 Å². The molecule has 0 saturated heterocycles. The van der Waals surface area contributed by atoms with E-state index in [0.29, 0.717) is 11.1 Å². The predicted octanol–water partition coefficient (Wildman–Crippen LogP) is 4.62. The summed E-state index contributed by atoms with van der Waals surface area (Å²) in [6.07, 6.45) is 1.77. The Labute approximate surface area is 130 Å². The first kappa shape index (κ1) is 14.0. The fraction of sp³-hybridized carbons (Fsp3) is 0.176. The van der Waals surface area contributed by atoms with E-state index >= 15 is 0 Å². The second kappa shape index (κ2) is 5.45. The number of rotatable bonds is 2. The summed E-state index contributed by atoms with van der Waals surface area (Å²) >= 11 is 3.52. The quantitative estimate of drug-likeness (QED) is 0.637. The lowest BCUT2D eigenvalue weighted by molar-refractivity contribution is 0.473. The van der Waals surface area contributed by atoms with Crippen molar-refractivity contribution >= 4 is 26.7 Å². The molecule has 1 aromatic carbocycles. The monoisotopic (exact) mass is 343 g/mol. The summed E-state index contributed by atoms with van der Waals surface area (Å²) in [4.78, 5) is 16.3. The zero-order chi connectivity index (χ0) is 15.0. The molecule has 2 heterocycles. The molecule has 3 rings (SSSR count). The van der Waals surface area contributed by atoms with Gasteiger partial charge in [0, 0.05) is 22.8 Å². The number of fused-ring (bicyclic) bond motifs is 1. The van der Waals surface area contributed by atoms with Crippen LogP contribution in [-0.2, 0) is 0 Å². The first-order valence-corrected chi connectivity index (χ1v) is 7.62. The third-order valence-electron chi connectivity index (χ3n) is 3.41. The summed E-state index contributed by atoms with van der Waals surface area (Å²) < 4.78 is 5.55. The van der Waals surface area contributed by atoms with Gasteiger partial charge in [-0.25, -0.2) is 4.79 Å². The Morgan fingerprint density at radius 1 is 1.19 bits per heavy atom. The van der Waals surface area contributed by atoms with E-state index in [-0.39, 0.29) is 10.5 Å². The molecule has 0 N–H and O–H groups in total. The van der Waals surface area contributed by atoms with Gasteiger partial charge in [0.05, 0.1) is 10.2 Å². The molecule has 1 atom stereocenters.